The van der Waals surface area contributed by atoms with Gasteiger partial charge in [-0.2, -0.15) is 0 Å². The first-order chi connectivity index (χ1) is 11.1. The van der Waals surface area contributed by atoms with Gasteiger partial charge in [-0.05, 0) is 46.5 Å². The van der Waals surface area contributed by atoms with Crippen LogP contribution in [0.2, 0.25) is 0 Å². The second-order valence-electron chi connectivity index (χ2n) is 5.72. The van der Waals surface area contributed by atoms with Gasteiger partial charge in [0.1, 0.15) is 5.82 Å². The Morgan fingerprint density at radius 2 is 1.70 bits per heavy atom. The molecule has 1 unspecified atom stereocenters. The van der Waals surface area contributed by atoms with Crippen LogP contribution < -0.4 is 5.32 Å². The summed E-state index contributed by atoms with van der Waals surface area (Å²) < 4.78 is 12.9. The molecule has 3 aromatic carbocycles. The van der Waals surface area contributed by atoms with E-state index in [0.29, 0.717) is 12.1 Å². The van der Waals surface area contributed by atoms with Gasteiger partial charge in [0.2, 0.25) is 0 Å². The maximum absolute atomic E-state index is 12.9. The second-order valence-corrected chi connectivity index (χ2v) is 5.72. The van der Waals surface area contributed by atoms with Gasteiger partial charge in [-0.25, -0.2) is 4.39 Å². The van der Waals surface area contributed by atoms with Crippen LogP contribution in [0.3, 0.4) is 0 Å². The van der Waals surface area contributed by atoms with Crippen molar-refractivity contribution >= 4 is 16.7 Å². The summed E-state index contributed by atoms with van der Waals surface area (Å²) in [4.78, 5) is 12.3. The predicted molar refractivity (Wildman–Crippen MR) is 91.1 cm³/mol. The summed E-state index contributed by atoms with van der Waals surface area (Å²) in [5.74, 6) is -0.217. The second kappa shape index (κ2) is 6.61. The van der Waals surface area contributed by atoms with Crippen molar-refractivity contribution in [2.75, 3.05) is 6.54 Å². The molecule has 0 saturated heterocycles. The average molecular weight is 307 g/mol. The lowest BCUT2D eigenvalue weighted by Gasteiger charge is -2.13. The summed E-state index contributed by atoms with van der Waals surface area (Å²) in [6.07, 6.45) is 0. The van der Waals surface area contributed by atoms with E-state index in [1.54, 1.807) is 12.1 Å². The molecular weight excluding hydrogens is 289 g/mol. The Morgan fingerprint density at radius 3 is 2.43 bits per heavy atom. The summed E-state index contributed by atoms with van der Waals surface area (Å²) >= 11 is 0. The number of amides is 1. The molecule has 3 heteroatoms. The minimum absolute atomic E-state index is 0.0929. The molecule has 1 atom stereocenters. The molecule has 2 nitrogen and oxygen atoms in total. The van der Waals surface area contributed by atoms with Gasteiger partial charge in [-0.15, -0.1) is 0 Å². The molecule has 0 heterocycles. The third kappa shape index (κ3) is 3.57. The van der Waals surface area contributed by atoms with E-state index in [2.05, 4.69) is 5.32 Å². The van der Waals surface area contributed by atoms with Crippen molar-refractivity contribution in [1.82, 2.24) is 5.32 Å². The van der Waals surface area contributed by atoms with Crippen molar-refractivity contribution in [2.45, 2.75) is 12.8 Å². The Labute approximate surface area is 135 Å². The molecule has 0 aliphatic heterocycles. The van der Waals surface area contributed by atoms with E-state index in [4.69, 9.17) is 0 Å². The zero-order chi connectivity index (χ0) is 16.2. The highest BCUT2D eigenvalue weighted by atomic mass is 19.1. The van der Waals surface area contributed by atoms with E-state index in [1.165, 1.54) is 12.1 Å². The van der Waals surface area contributed by atoms with Gasteiger partial charge >= 0.3 is 0 Å². The Bertz CT molecular complexity index is 826. The van der Waals surface area contributed by atoms with Crippen molar-refractivity contribution in [2.24, 2.45) is 0 Å². The highest BCUT2D eigenvalue weighted by Gasteiger charge is 2.10. The summed E-state index contributed by atoms with van der Waals surface area (Å²) in [5.41, 5.74) is 1.65. The first kappa shape index (κ1) is 15.2. The molecule has 0 aliphatic carbocycles. The molecule has 0 radical (unpaired) electrons. The minimum atomic E-state index is -0.249. The van der Waals surface area contributed by atoms with Crippen LogP contribution in [0.15, 0.2) is 66.7 Å². The lowest BCUT2D eigenvalue weighted by molar-refractivity contribution is 0.0952. The fraction of sp³-hybridized carbons (Fsp3) is 0.150. The Kier molecular flexibility index (Phi) is 4.38. The molecule has 0 fully saturated rings. The van der Waals surface area contributed by atoms with Gasteiger partial charge in [0.25, 0.3) is 5.91 Å². The quantitative estimate of drug-likeness (QED) is 0.755. The van der Waals surface area contributed by atoms with Crippen LogP contribution in [-0.2, 0) is 0 Å². The minimum Gasteiger partial charge on any atom is -0.351 e. The van der Waals surface area contributed by atoms with Crippen LogP contribution in [0.25, 0.3) is 10.8 Å². The molecule has 3 rings (SSSR count). The van der Waals surface area contributed by atoms with Crippen LogP contribution >= 0.6 is 0 Å². The summed E-state index contributed by atoms with van der Waals surface area (Å²) in [7, 11) is 0. The number of carbonyl (C=O) groups excluding carboxylic acids is 1. The highest BCUT2D eigenvalue weighted by Crippen LogP contribution is 2.17. The van der Waals surface area contributed by atoms with Crippen LogP contribution in [0.1, 0.15) is 28.8 Å². The van der Waals surface area contributed by atoms with Gasteiger partial charge in [0.15, 0.2) is 0 Å². The van der Waals surface area contributed by atoms with Crippen LogP contribution in [0.5, 0.6) is 0 Å². The summed E-state index contributed by atoms with van der Waals surface area (Å²) in [6.45, 7) is 2.52. The third-order valence-electron chi connectivity index (χ3n) is 4.02. The molecule has 0 aromatic heterocycles. The van der Waals surface area contributed by atoms with Gasteiger partial charge in [0.05, 0.1) is 0 Å². The number of rotatable bonds is 4. The largest absolute Gasteiger partial charge is 0.351 e. The summed E-state index contributed by atoms with van der Waals surface area (Å²) in [5, 5.41) is 5.11. The fourth-order valence-corrected chi connectivity index (χ4v) is 2.59. The number of hydrogen-bond donors (Lipinski definition) is 1. The monoisotopic (exact) mass is 307 g/mol. The van der Waals surface area contributed by atoms with Crippen LogP contribution in [-0.4, -0.2) is 12.5 Å². The molecule has 0 bridgehead atoms. The molecule has 23 heavy (non-hydrogen) atoms. The molecule has 0 spiro atoms. The molecule has 1 N–H and O–H groups in total. The van der Waals surface area contributed by atoms with E-state index in [9.17, 15) is 9.18 Å². The van der Waals surface area contributed by atoms with Gasteiger partial charge in [-0.1, -0.05) is 49.4 Å². The van der Waals surface area contributed by atoms with Crippen LogP contribution in [0, 0.1) is 5.82 Å². The average Bonchev–Trinajstić information content (AvgIpc) is 2.59. The number of halogens is 1. The maximum atomic E-state index is 12.9. The van der Waals surface area contributed by atoms with Crippen molar-refractivity contribution in [3.63, 3.8) is 0 Å². The Hall–Kier alpha value is -2.68. The molecule has 116 valence electrons. The third-order valence-corrected chi connectivity index (χ3v) is 4.02. The van der Waals surface area contributed by atoms with Crippen LogP contribution in [0.4, 0.5) is 4.39 Å². The molecular formula is C20H18FNO. The van der Waals surface area contributed by atoms with Crippen molar-refractivity contribution in [1.29, 1.82) is 0 Å². The Balaban J connectivity index is 1.67. The van der Waals surface area contributed by atoms with Gasteiger partial charge in [-0.3, -0.25) is 4.79 Å². The first-order valence-electron chi connectivity index (χ1n) is 7.66. The first-order valence-corrected chi connectivity index (χ1v) is 7.66. The SMILES string of the molecule is CC(CNC(=O)c1ccc2ccccc2c1)c1ccc(F)cc1. The lowest BCUT2D eigenvalue weighted by atomic mass is 10.0. The number of fused-ring (bicyclic) bond motifs is 1. The topological polar surface area (TPSA) is 29.1 Å². The van der Waals surface area contributed by atoms with Crippen molar-refractivity contribution in [3.8, 4) is 0 Å². The molecule has 0 aliphatic rings. The molecule has 0 saturated carbocycles. The fourth-order valence-electron chi connectivity index (χ4n) is 2.59. The van der Waals surface area contributed by atoms with E-state index >= 15 is 0 Å². The molecule has 3 aromatic rings. The number of nitrogens with one attached hydrogen (secondary N) is 1. The smallest absolute Gasteiger partial charge is 0.251 e. The maximum Gasteiger partial charge on any atom is 0.251 e. The summed E-state index contributed by atoms with van der Waals surface area (Å²) in [6, 6.07) is 20.0. The van der Waals surface area contributed by atoms with Gasteiger partial charge in [0, 0.05) is 12.1 Å². The van der Waals surface area contributed by atoms with Crippen molar-refractivity contribution in [3.05, 3.63) is 83.7 Å². The number of benzene rings is 3. The zero-order valence-electron chi connectivity index (χ0n) is 12.9. The van der Waals surface area contributed by atoms with E-state index < -0.39 is 0 Å². The number of carbonyl (C=O) groups is 1. The lowest BCUT2D eigenvalue weighted by Crippen LogP contribution is -2.27. The standard InChI is InChI=1S/C20H18FNO/c1-14(15-8-10-19(21)11-9-15)13-22-20(23)18-7-6-16-4-2-3-5-17(16)12-18/h2-12,14H,13H2,1H3,(H,22,23). The van der Waals surface area contributed by atoms with E-state index in [-0.39, 0.29) is 17.6 Å². The Morgan fingerprint density at radius 1 is 1.00 bits per heavy atom. The normalized spacial score (nSPS) is 12.1. The van der Waals surface area contributed by atoms with Crippen molar-refractivity contribution < 1.29 is 9.18 Å². The van der Waals surface area contributed by atoms with E-state index in [0.717, 1.165) is 16.3 Å². The number of hydrogen-bond acceptors (Lipinski definition) is 1. The molecule has 1 amide bonds. The van der Waals surface area contributed by atoms with Gasteiger partial charge < -0.3 is 5.32 Å². The zero-order valence-corrected chi connectivity index (χ0v) is 12.9. The van der Waals surface area contributed by atoms with E-state index in [1.807, 2.05) is 49.4 Å². The predicted octanol–water partition coefficient (Wildman–Crippen LogP) is 4.51. The highest BCUT2D eigenvalue weighted by molar-refractivity contribution is 5.98.